The quantitative estimate of drug-likeness (QED) is 0.652. The van der Waals surface area contributed by atoms with E-state index in [4.69, 9.17) is 4.55 Å². The van der Waals surface area contributed by atoms with Gasteiger partial charge in [-0.2, -0.15) is 13.5 Å². The number of phenolic OH excluding ortho intramolecular Hbond substituents is 1. The van der Waals surface area contributed by atoms with E-state index in [1.807, 2.05) is 19.9 Å². The van der Waals surface area contributed by atoms with Crippen LogP contribution in [0, 0.1) is 0 Å². The second-order valence-corrected chi connectivity index (χ2v) is 6.46. The van der Waals surface area contributed by atoms with E-state index < -0.39 is 10.1 Å². The van der Waals surface area contributed by atoms with Crippen molar-refractivity contribution < 1.29 is 18.1 Å². The molecule has 0 saturated heterocycles. The fourth-order valence-corrected chi connectivity index (χ4v) is 2.37. The van der Waals surface area contributed by atoms with Gasteiger partial charge in [-0.15, -0.1) is 5.11 Å². The van der Waals surface area contributed by atoms with Gasteiger partial charge in [-0.05, 0) is 41.8 Å². The SMILES string of the molecule is CC(C)c1cccc(N=Nc2ccc(S(=O)(=O)O)cc2)c1O. The van der Waals surface area contributed by atoms with Gasteiger partial charge >= 0.3 is 0 Å². The molecule has 0 saturated carbocycles. The van der Waals surface area contributed by atoms with Crippen molar-refractivity contribution in [3.05, 3.63) is 48.0 Å². The highest BCUT2D eigenvalue weighted by Crippen LogP contribution is 2.35. The zero-order valence-electron chi connectivity index (χ0n) is 12.1. The number of aromatic hydroxyl groups is 1. The molecule has 0 aliphatic carbocycles. The number of hydrogen-bond acceptors (Lipinski definition) is 5. The summed E-state index contributed by atoms with van der Waals surface area (Å²) in [5.41, 5.74) is 1.52. The van der Waals surface area contributed by atoms with E-state index in [1.54, 1.807) is 12.1 Å². The molecule has 0 spiro atoms. The largest absolute Gasteiger partial charge is 0.505 e. The highest BCUT2D eigenvalue weighted by molar-refractivity contribution is 7.85. The highest BCUT2D eigenvalue weighted by Gasteiger charge is 2.10. The fourth-order valence-electron chi connectivity index (χ4n) is 1.89. The summed E-state index contributed by atoms with van der Waals surface area (Å²) in [4.78, 5) is -0.212. The van der Waals surface area contributed by atoms with Gasteiger partial charge < -0.3 is 5.11 Å². The molecule has 0 atom stereocenters. The molecule has 0 aliphatic heterocycles. The Morgan fingerprint density at radius 3 is 2.18 bits per heavy atom. The van der Waals surface area contributed by atoms with Crippen molar-refractivity contribution in [3.8, 4) is 5.75 Å². The number of hydrogen-bond donors (Lipinski definition) is 2. The summed E-state index contributed by atoms with van der Waals surface area (Å²) in [6, 6.07) is 10.5. The molecule has 0 radical (unpaired) electrons. The van der Waals surface area contributed by atoms with E-state index in [0.29, 0.717) is 11.4 Å². The van der Waals surface area contributed by atoms with Gasteiger partial charge in [0, 0.05) is 0 Å². The zero-order chi connectivity index (χ0) is 16.3. The summed E-state index contributed by atoms with van der Waals surface area (Å²) in [7, 11) is -4.22. The predicted octanol–water partition coefficient (Wildman–Crippen LogP) is 4.18. The van der Waals surface area contributed by atoms with Crippen molar-refractivity contribution in [1.29, 1.82) is 0 Å². The van der Waals surface area contributed by atoms with Crippen molar-refractivity contribution in [3.63, 3.8) is 0 Å². The monoisotopic (exact) mass is 320 g/mol. The van der Waals surface area contributed by atoms with Gasteiger partial charge in [-0.1, -0.05) is 26.0 Å². The maximum Gasteiger partial charge on any atom is 0.294 e. The number of rotatable bonds is 4. The van der Waals surface area contributed by atoms with Gasteiger partial charge in [0.2, 0.25) is 0 Å². The van der Waals surface area contributed by atoms with E-state index in [1.165, 1.54) is 24.3 Å². The molecule has 2 N–H and O–H groups in total. The Balaban J connectivity index is 2.28. The maximum atomic E-state index is 10.9. The van der Waals surface area contributed by atoms with Crippen molar-refractivity contribution >= 4 is 21.5 Å². The number of para-hydroxylation sites is 1. The predicted molar refractivity (Wildman–Crippen MR) is 82.6 cm³/mol. The summed E-state index contributed by atoms with van der Waals surface area (Å²) in [6.45, 7) is 3.92. The number of phenols is 1. The molecule has 0 aliphatic rings. The molecule has 22 heavy (non-hydrogen) atoms. The van der Waals surface area contributed by atoms with Crippen molar-refractivity contribution in [1.82, 2.24) is 0 Å². The third-order valence-electron chi connectivity index (χ3n) is 3.08. The van der Waals surface area contributed by atoms with Gasteiger partial charge in [0.15, 0.2) is 0 Å². The Bertz CT molecular complexity index is 797. The standard InChI is InChI=1S/C15H16N2O4S/c1-10(2)13-4-3-5-14(15(13)18)17-16-11-6-8-12(9-7-11)22(19,20)21/h3-10,18H,1-2H3,(H,19,20,21). The smallest absolute Gasteiger partial charge is 0.294 e. The Kier molecular flexibility index (Phi) is 4.58. The second-order valence-electron chi connectivity index (χ2n) is 5.04. The molecule has 0 fully saturated rings. The first-order chi connectivity index (χ1) is 10.3. The van der Waals surface area contributed by atoms with Crippen LogP contribution < -0.4 is 0 Å². The summed E-state index contributed by atoms with van der Waals surface area (Å²) in [6.07, 6.45) is 0. The van der Waals surface area contributed by atoms with Gasteiger partial charge in [0.05, 0.1) is 10.6 Å². The summed E-state index contributed by atoms with van der Waals surface area (Å²) < 4.78 is 30.8. The molecule has 0 aromatic heterocycles. The van der Waals surface area contributed by atoms with E-state index in [0.717, 1.165) is 5.56 Å². The molecule has 0 bridgehead atoms. The molecule has 116 valence electrons. The lowest BCUT2D eigenvalue weighted by molar-refractivity contribution is 0.466. The molecule has 6 nitrogen and oxygen atoms in total. The van der Waals surface area contributed by atoms with Crippen LogP contribution in [0.3, 0.4) is 0 Å². The van der Waals surface area contributed by atoms with Gasteiger partial charge in [-0.3, -0.25) is 4.55 Å². The topological polar surface area (TPSA) is 99.3 Å². The van der Waals surface area contributed by atoms with Crippen LogP contribution >= 0.6 is 0 Å². The molecule has 0 heterocycles. The molecule has 0 unspecified atom stereocenters. The second kappa shape index (κ2) is 6.25. The minimum absolute atomic E-state index is 0.0795. The minimum atomic E-state index is -4.22. The normalized spacial score (nSPS) is 12.2. The van der Waals surface area contributed by atoms with Gasteiger partial charge in [0.25, 0.3) is 10.1 Å². The van der Waals surface area contributed by atoms with Crippen LogP contribution in [0.2, 0.25) is 0 Å². The molecule has 0 amide bonds. The molecular weight excluding hydrogens is 304 g/mol. The van der Waals surface area contributed by atoms with Crippen LogP contribution in [0.1, 0.15) is 25.3 Å². The van der Waals surface area contributed by atoms with E-state index in [9.17, 15) is 13.5 Å². The average molecular weight is 320 g/mol. The first kappa shape index (κ1) is 16.1. The highest BCUT2D eigenvalue weighted by atomic mass is 32.2. The summed E-state index contributed by atoms with van der Waals surface area (Å²) >= 11 is 0. The lowest BCUT2D eigenvalue weighted by Crippen LogP contribution is -1.96. The Morgan fingerprint density at radius 2 is 1.64 bits per heavy atom. The maximum absolute atomic E-state index is 10.9. The van der Waals surface area contributed by atoms with Crippen LogP contribution in [0.4, 0.5) is 11.4 Å². The molecule has 2 aromatic rings. The van der Waals surface area contributed by atoms with Crippen LogP contribution in [-0.2, 0) is 10.1 Å². The fraction of sp³-hybridized carbons (Fsp3) is 0.200. The Hall–Kier alpha value is -2.25. The Labute approximate surface area is 128 Å². The first-order valence-electron chi connectivity index (χ1n) is 6.60. The van der Waals surface area contributed by atoms with Crippen LogP contribution in [0.15, 0.2) is 57.6 Å². The lowest BCUT2D eigenvalue weighted by atomic mass is 10.0. The number of azo groups is 1. The van der Waals surface area contributed by atoms with E-state index >= 15 is 0 Å². The van der Waals surface area contributed by atoms with E-state index in [-0.39, 0.29) is 16.6 Å². The Morgan fingerprint density at radius 1 is 1.00 bits per heavy atom. The molecule has 7 heteroatoms. The van der Waals surface area contributed by atoms with E-state index in [2.05, 4.69) is 10.2 Å². The van der Waals surface area contributed by atoms with Gasteiger partial charge in [-0.25, -0.2) is 0 Å². The third kappa shape index (κ3) is 3.69. The summed E-state index contributed by atoms with van der Waals surface area (Å²) in [5, 5.41) is 18.0. The van der Waals surface area contributed by atoms with Crippen LogP contribution in [-0.4, -0.2) is 18.1 Å². The van der Waals surface area contributed by atoms with Crippen molar-refractivity contribution in [2.45, 2.75) is 24.7 Å². The van der Waals surface area contributed by atoms with Gasteiger partial charge in [0.1, 0.15) is 11.4 Å². The molecule has 2 aromatic carbocycles. The molecular formula is C15H16N2O4S. The number of nitrogens with zero attached hydrogens (tertiary/aromatic N) is 2. The van der Waals surface area contributed by atoms with Crippen LogP contribution in [0.25, 0.3) is 0 Å². The average Bonchev–Trinajstić information content (AvgIpc) is 2.45. The first-order valence-corrected chi connectivity index (χ1v) is 8.04. The molecule has 2 rings (SSSR count). The summed E-state index contributed by atoms with van der Waals surface area (Å²) in [5.74, 6) is 0.236. The van der Waals surface area contributed by atoms with Crippen molar-refractivity contribution in [2.75, 3.05) is 0 Å². The minimum Gasteiger partial charge on any atom is -0.505 e. The van der Waals surface area contributed by atoms with Crippen molar-refractivity contribution in [2.24, 2.45) is 10.2 Å². The van der Waals surface area contributed by atoms with Crippen LogP contribution in [0.5, 0.6) is 5.75 Å². The number of benzene rings is 2. The third-order valence-corrected chi connectivity index (χ3v) is 3.94. The lowest BCUT2D eigenvalue weighted by Gasteiger charge is -2.08. The zero-order valence-corrected chi connectivity index (χ0v) is 12.9.